The highest BCUT2D eigenvalue weighted by Gasteiger charge is 2.31. The molecular weight excluding hydrogens is 372 g/mol. The smallest absolute Gasteiger partial charge is 0.168 e. The van der Waals surface area contributed by atoms with Gasteiger partial charge in [-0.05, 0) is 33.9 Å². The maximum atomic E-state index is 4.46. The van der Waals surface area contributed by atoms with Crippen LogP contribution in [0.2, 0.25) is 0 Å². The molecule has 0 saturated carbocycles. The molecule has 0 bridgehead atoms. The van der Waals surface area contributed by atoms with Crippen LogP contribution in [0.15, 0.2) is 60.7 Å². The zero-order valence-corrected chi connectivity index (χ0v) is 18.1. The van der Waals surface area contributed by atoms with Crippen molar-refractivity contribution in [2.75, 3.05) is 26.2 Å². The summed E-state index contributed by atoms with van der Waals surface area (Å²) in [5.74, 6) is 1.45. The molecule has 0 unspecified atom stereocenters. The molecule has 0 radical (unpaired) electrons. The third-order valence-electron chi connectivity index (χ3n) is 5.96. The van der Waals surface area contributed by atoms with Crippen molar-refractivity contribution in [2.24, 2.45) is 5.92 Å². The molecule has 1 aliphatic rings. The van der Waals surface area contributed by atoms with Crippen molar-refractivity contribution in [3.05, 3.63) is 77.6 Å². The number of nitrogens with zero attached hydrogens (tertiary/aromatic N) is 6. The van der Waals surface area contributed by atoms with Crippen LogP contribution in [-0.2, 0) is 19.5 Å². The summed E-state index contributed by atoms with van der Waals surface area (Å²) in [7, 11) is 0. The third-order valence-corrected chi connectivity index (χ3v) is 5.96. The Labute approximate surface area is 179 Å². The van der Waals surface area contributed by atoms with Crippen LogP contribution in [-0.4, -0.2) is 56.2 Å². The molecule has 2 heterocycles. The lowest BCUT2D eigenvalue weighted by molar-refractivity contribution is 0.0662. The van der Waals surface area contributed by atoms with Crippen LogP contribution in [0.5, 0.6) is 0 Å². The number of rotatable bonds is 8. The fraction of sp³-hybridized carbons (Fsp3) is 0.458. The Morgan fingerprint density at radius 3 is 2.10 bits per heavy atom. The predicted octanol–water partition coefficient (Wildman–Crippen LogP) is 3.43. The summed E-state index contributed by atoms with van der Waals surface area (Å²) in [6.07, 6.45) is 0.939. The summed E-state index contributed by atoms with van der Waals surface area (Å²) in [6.45, 7) is 10.6. The number of hydrogen-bond acceptors (Lipinski definition) is 5. The van der Waals surface area contributed by atoms with E-state index in [1.807, 2.05) is 4.68 Å². The zero-order valence-electron chi connectivity index (χ0n) is 18.1. The van der Waals surface area contributed by atoms with Gasteiger partial charge < -0.3 is 0 Å². The average Bonchev–Trinajstić information content (AvgIpc) is 3.23. The van der Waals surface area contributed by atoms with Gasteiger partial charge >= 0.3 is 0 Å². The van der Waals surface area contributed by atoms with Gasteiger partial charge in [0.05, 0.1) is 6.04 Å². The van der Waals surface area contributed by atoms with E-state index in [0.29, 0.717) is 5.92 Å². The van der Waals surface area contributed by atoms with Gasteiger partial charge in [-0.3, -0.25) is 9.80 Å². The van der Waals surface area contributed by atoms with Gasteiger partial charge in [-0.15, -0.1) is 5.10 Å². The van der Waals surface area contributed by atoms with Crippen molar-refractivity contribution >= 4 is 0 Å². The van der Waals surface area contributed by atoms with E-state index in [9.17, 15) is 0 Å². The van der Waals surface area contributed by atoms with Gasteiger partial charge in [0.2, 0.25) is 0 Å². The van der Waals surface area contributed by atoms with Crippen LogP contribution in [0.1, 0.15) is 36.8 Å². The van der Waals surface area contributed by atoms with Crippen molar-refractivity contribution in [1.82, 2.24) is 30.0 Å². The van der Waals surface area contributed by atoms with Crippen LogP contribution in [0.4, 0.5) is 0 Å². The highest BCUT2D eigenvalue weighted by atomic mass is 15.6. The van der Waals surface area contributed by atoms with Gasteiger partial charge in [0, 0.05) is 39.3 Å². The molecule has 1 fully saturated rings. The normalized spacial score (nSPS) is 16.8. The minimum absolute atomic E-state index is 0.245. The Morgan fingerprint density at radius 1 is 0.833 bits per heavy atom. The molecule has 6 heteroatoms. The van der Waals surface area contributed by atoms with E-state index < -0.39 is 0 Å². The topological polar surface area (TPSA) is 50.1 Å². The highest BCUT2D eigenvalue weighted by molar-refractivity contribution is 5.15. The summed E-state index contributed by atoms with van der Waals surface area (Å²) in [4.78, 5) is 5.11. The van der Waals surface area contributed by atoms with Crippen LogP contribution in [0.25, 0.3) is 0 Å². The van der Waals surface area contributed by atoms with E-state index in [1.165, 1.54) is 11.1 Å². The van der Waals surface area contributed by atoms with Gasteiger partial charge in [0.1, 0.15) is 0 Å². The lowest BCUT2D eigenvalue weighted by Crippen LogP contribution is -2.48. The monoisotopic (exact) mass is 404 g/mol. The Kier molecular flexibility index (Phi) is 6.87. The molecule has 2 aromatic carbocycles. The molecule has 6 nitrogen and oxygen atoms in total. The number of aromatic nitrogens is 4. The molecule has 158 valence electrons. The molecule has 1 saturated heterocycles. The molecule has 0 amide bonds. The number of aryl methyl sites for hydroxylation is 2. The number of benzene rings is 2. The Hall–Kier alpha value is -2.57. The minimum atomic E-state index is 0.245. The zero-order chi connectivity index (χ0) is 20.8. The number of hydrogen-bond donors (Lipinski definition) is 0. The van der Waals surface area contributed by atoms with E-state index in [4.69, 9.17) is 0 Å². The van der Waals surface area contributed by atoms with Crippen LogP contribution in [0.3, 0.4) is 0 Å². The molecule has 0 aliphatic carbocycles. The molecule has 1 aliphatic heterocycles. The van der Waals surface area contributed by atoms with Crippen molar-refractivity contribution in [3.8, 4) is 0 Å². The van der Waals surface area contributed by atoms with Gasteiger partial charge in [-0.25, -0.2) is 4.68 Å². The van der Waals surface area contributed by atoms with Crippen molar-refractivity contribution < 1.29 is 0 Å². The molecule has 3 aromatic rings. The van der Waals surface area contributed by atoms with E-state index in [2.05, 4.69) is 99.8 Å². The maximum absolute atomic E-state index is 4.46. The minimum Gasteiger partial charge on any atom is -0.297 e. The fourth-order valence-corrected chi connectivity index (χ4v) is 4.39. The summed E-state index contributed by atoms with van der Waals surface area (Å²) < 4.78 is 2.01. The standard InChI is InChI=1S/C24H32N6/c1-20(2)23(24-25-26-27-30(24)14-13-21-9-5-3-6-10-21)29-17-15-28(16-18-29)19-22-11-7-4-8-12-22/h3-12,20,23H,13-19H2,1-2H3/t23-/m1/s1. The van der Waals surface area contributed by atoms with Gasteiger partial charge in [-0.1, -0.05) is 74.5 Å². The van der Waals surface area contributed by atoms with E-state index in [1.54, 1.807) is 0 Å². The van der Waals surface area contributed by atoms with E-state index in [-0.39, 0.29) is 6.04 Å². The molecule has 0 N–H and O–H groups in total. The van der Waals surface area contributed by atoms with E-state index >= 15 is 0 Å². The van der Waals surface area contributed by atoms with Crippen molar-refractivity contribution in [2.45, 2.75) is 39.4 Å². The maximum Gasteiger partial charge on any atom is 0.168 e. The van der Waals surface area contributed by atoms with E-state index in [0.717, 1.165) is 51.5 Å². The van der Waals surface area contributed by atoms with Crippen molar-refractivity contribution in [1.29, 1.82) is 0 Å². The SMILES string of the molecule is CC(C)[C@H](c1nnnn1CCc1ccccc1)N1CCN(Cc2ccccc2)CC1. The average molecular weight is 405 g/mol. The van der Waals surface area contributed by atoms with Crippen molar-refractivity contribution in [3.63, 3.8) is 0 Å². The Morgan fingerprint density at radius 2 is 1.47 bits per heavy atom. The first-order valence-corrected chi connectivity index (χ1v) is 11.0. The first-order valence-electron chi connectivity index (χ1n) is 11.0. The van der Waals surface area contributed by atoms with Gasteiger partial charge in [0.25, 0.3) is 0 Å². The lowest BCUT2D eigenvalue weighted by atomic mass is 10.0. The quantitative estimate of drug-likeness (QED) is 0.576. The highest BCUT2D eigenvalue weighted by Crippen LogP contribution is 2.28. The Balaban J connectivity index is 1.39. The molecule has 1 aromatic heterocycles. The third kappa shape index (κ3) is 5.12. The summed E-state index contributed by atoms with van der Waals surface area (Å²) in [5, 5.41) is 12.8. The number of piperazine rings is 1. The molecule has 4 rings (SSSR count). The second-order valence-corrected chi connectivity index (χ2v) is 8.48. The lowest BCUT2D eigenvalue weighted by Gasteiger charge is -2.40. The summed E-state index contributed by atoms with van der Waals surface area (Å²) in [6, 6.07) is 21.5. The van der Waals surface area contributed by atoms with Crippen LogP contribution < -0.4 is 0 Å². The number of tetrazole rings is 1. The Bertz CT molecular complexity index is 884. The predicted molar refractivity (Wildman–Crippen MR) is 119 cm³/mol. The molecule has 1 atom stereocenters. The van der Waals surface area contributed by atoms with Gasteiger partial charge in [-0.2, -0.15) is 0 Å². The second-order valence-electron chi connectivity index (χ2n) is 8.48. The largest absolute Gasteiger partial charge is 0.297 e. The second kappa shape index (κ2) is 9.96. The van der Waals surface area contributed by atoms with Crippen LogP contribution >= 0.6 is 0 Å². The summed E-state index contributed by atoms with van der Waals surface area (Å²) >= 11 is 0. The van der Waals surface area contributed by atoms with Crippen LogP contribution in [0, 0.1) is 5.92 Å². The first kappa shape index (κ1) is 20.7. The van der Waals surface area contributed by atoms with Gasteiger partial charge in [0.15, 0.2) is 5.82 Å². The fourth-order valence-electron chi connectivity index (χ4n) is 4.39. The molecule has 0 spiro atoms. The summed E-state index contributed by atoms with van der Waals surface area (Å²) in [5.41, 5.74) is 2.70. The molecule has 30 heavy (non-hydrogen) atoms. The first-order chi connectivity index (χ1) is 14.7. The molecular formula is C24H32N6.